The molecule has 0 aromatic carbocycles. The molecule has 6 heteroatoms. The molecule has 2 aliphatic heterocycles. The highest BCUT2D eigenvalue weighted by molar-refractivity contribution is 4.79. The first kappa shape index (κ1) is 7.82. The molecule has 2 aliphatic rings. The Bertz CT molecular complexity index is 208. The highest BCUT2D eigenvalue weighted by Crippen LogP contribution is 2.20. The first-order chi connectivity index (χ1) is 5.90. The van der Waals surface area contributed by atoms with Gasteiger partial charge in [0.1, 0.15) is 12.2 Å². The van der Waals surface area contributed by atoms with Crippen LogP contribution < -0.4 is 0 Å². The molecule has 2 saturated heterocycles. The van der Waals surface area contributed by atoms with Crippen LogP contribution in [0.2, 0.25) is 0 Å². The Morgan fingerprint density at radius 2 is 2.33 bits per heavy atom. The van der Waals surface area contributed by atoms with E-state index >= 15 is 0 Å². The van der Waals surface area contributed by atoms with Gasteiger partial charge in [-0.05, 0) is 5.53 Å². The van der Waals surface area contributed by atoms with Crippen LogP contribution in [0.15, 0.2) is 5.11 Å². The Morgan fingerprint density at radius 3 is 2.83 bits per heavy atom. The lowest BCUT2D eigenvalue weighted by atomic mass is 10.4. The van der Waals surface area contributed by atoms with E-state index in [0.717, 1.165) is 6.61 Å². The Kier molecular flexibility index (Phi) is 2.14. The van der Waals surface area contributed by atoms with E-state index in [1.54, 1.807) is 0 Å². The van der Waals surface area contributed by atoms with Crippen LogP contribution in [0, 0.1) is 0 Å². The van der Waals surface area contributed by atoms with E-state index in [0.29, 0.717) is 13.2 Å². The number of rotatable bonds is 5. The van der Waals surface area contributed by atoms with E-state index < -0.39 is 6.23 Å². The molecule has 12 heavy (non-hydrogen) atoms. The van der Waals surface area contributed by atoms with Gasteiger partial charge in [-0.1, -0.05) is 5.11 Å². The Labute approximate surface area is 69.0 Å². The summed E-state index contributed by atoms with van der Waals surface area (Å²) in [7, 11) is 0. The van der Waals surface area contributed by atoms with Gasteiger partial charge >= 0.3 is 0 Å². The van der Waals surface area contributed by atoms with Crippen molar-refractivity contribution in [3.05, 3.63) is 10.4 Å². The van der Waals surface area contributed by atoms with Crippen molar-refractivity contribution in [2.75, 3.05) is 19.8 Å². The van der Waals surface area contributed by atoms with Gasteiger partial charge in [-0.15, -0.1) is 0 Å². The number of hydrogen-bond donors (Lipinski definition) is 0. The summed E-state index contributed by atoms with van der Waals surface area (Å²) in [5, 5.41) is 3.46. The molecule has 2 fully saturated rings. The molecule has 0 spiro atoms. The molecule has 0 saturated carbocycles. The van der Waals surface area contributed by atoms with E-state index in [1.165, 1.54) is 0 Å². The quantitative estimate of drug-likeness (QED) is 0.260. The van der Waals surface area contributed by atoms with Crippen LogP contribution >= 0.6 is 0 Å². The fraction of sp³-hybridized carbons (Fsp3) is 1.00. The predicted molar refractivity (Wildman–Crippen MR) is 38.4 cm³/mol. The van der Waals surface area contributed by atoms with Crippen molar-refractivity contribution in [1.82, 2.24) is 0 Å². The van der Waals surface area contributed by atoms with Crippen molar-refractivity contribution in [3.63, 3.8) is 0 Å². The molecule has 2 rings (SSSR count). The number of nitrogens with zero attached hydrogens (tertiary/aromatic N) is 3. The molecule has 0 aromatic rings. The van der Waals surface area contributed by atoms with Crippen LogP contribution in [0.1, 0.15) is 0 Å². The number of epoxide rings is 2. The average molecular weight is 171 g/mol. The van der Waals surface area contributed by atoms with Crippen molar-refractivity contribution < 1.29 is 14.2 Å². The molecular formula is C6H9N3O3. The van der Waals surface area contributed by atoms with Gasteiger partial charge in [-0.2, -0.15) is 0 Å². The molecule has 66 valence electrons. The minimum absolute atomic E-state index is 0.0420. The van der Waals surface area contributed by atoms with Crippen LogP contribution in [0.4, 0.5) is 0 Å². The standard InChI is InChI=1S/C6H9N3O3/c7-9-8-6(5-3-11-5)12-2-4-1-10-4/h4-6H,1-3H2. The molecular weight excluding hydrogens is 162 g/mol. The number of azide groups is 1. The number of hydrogen-bond acceptors (Lipinski definition) is 4. The van der Waals surface area contributed by atoms with E-state index in [4.69, 9.17) is 19.7 Å². The van der Waals surface area contributed by atoms with Crippen molar-refractivity contribution in [3.8, 4) is 0 Å². The molecule has 0 N–H and O–H groups in total. The normalized spacial score (nSPS) is 33.7. The first-order valence-corrected chi connectivity index (χ1v) is 3.79. The highest BCUT2D eigenvalue weighted by atomic mass is 16.6. The maximum absolute atomic E-state index is 8.19. The largest absolute Gasteiger partial charge is 0.371 e. The summed E-state index contributed by atoms with van der Waals surface area (Å²) < 4.78 is 15.1. The maximum atomic E-state index is 8.19. The zero-order valence-electron chi connectivity index (χ0n) is 6.42. The third-order valence-electron chi connectivity index (χ3n) is 1.70. The summed E-state index contributed by atoms with van der Waals surface area (Å²) in [5.41, 5.74) is 8.19. The van der Waals surface area contributed by atoms with Crippen molar-refractivity contribution in [1.29, 1.82) is 0 Å². The van der Waals surface area contributed by atoms with Crippen LogP contribution in [0.25, 0.3) is 10.4 Å². The summed E-state index contributed by atoms with van der Waals surface area (Å²) in [6.45, 7) is 1.85. The van der Waals surface area contributed by atoms with E-state index in [9.17, 15) is 0 Å². The van der Waals surface area contributed by atoms with Gasteiger partial charge in [0.25, 0.3) is 0 Å². The van der Waals surface area contributed by atoms with E-state index in [2.05, 4.69) is 10.0 Å². The zero-order valence-corrected chi connectivity index (χ0v) is 6.42. The molecule has 0 amide bonds. The Hall–Kier alpha value is -0.810. The van der Waals surface area contributed by atoms with Gasteiger partial charge in [-0.3, -0.25) is 0 Å². The van der Waals surface area contributed by atoms with Gasteiger partial charge in [0.15, 0.2) is 6.23 Å². The van der Waals surface area contributed by atoms with E-state index in [1.807, 2.05) is 0 Å². The van der Waals surface area contributed by atoms with Crippen LogP contribution in [-0.4, -0.2) is 38.3 Å². The lowest BCUT2D eigenvalue weighted by Gasteiger charge is -2.07. The minimum Gasteiger partial charge on any atom is -0.371 e. The van der Waals surface area contributed by atoms with Crippen molar-refractivity contribution in [2.45, 2.75) is 18.4 Å². The average Bonchev–Trinajstić information content (AvgIpc) is 2.86. The lowest BCUT2D eigenvalue weighted by molar-refractivity contribution is 0.0290. The lowest BCUT2D eigenvalue weighted by Crippen LogP contribution is -2.19. The molecule has 3 atom stereocenters. The minimum atomic E-state index is -0.473. The third kappa shape index (κ3) is 2.09. The summed E-state index contributed by atoms with van der Waals surface area (Å²) >= 11 is 0. The van der Waals surface area contributed by atoms with Crippen LogP contribution in [0.3, 0.4) is 0 Å². The second kappa shape index (κ2) is 3.28. The second-order valence-corrected chi connectivity index (χ2v) is 2.76. The molecule has 0 bridgehead atoms. The van der Waals surface area contributed by atoms with Crippen LogP contribution in [-0.2, 0) is 14.2 Å². The molecule has 0 aromatic heterocycles. The zero-order chi connectivity index (χ0) is 8.39. The molecule has 0 radical (unpaired) electrons. The fourth-order valence-electron chi connectivity index (χ4n) is 0.856. The summed E-state index contributed by atoms with van der Waals surface area (Å²) in [6, 6.07) is 0. The SMILES string of the molecule is [N-]=[N+]=NC(OCC1CO1)C1CO1. The van der Waals surface area contributed by atoms with E-state index in [-0.39, 0.29) is 12.2 Å². The van der Waals surface area contributed by atoms with Gasteiger partial charge in [-0.25, -0.2) is 0 Å². The molecule has 2 heterocycles. The van der Waals surface area contributed by atoms with Gasteiger partial charge in [0.05, 0.1) is 19.8 Å². The van der Waals surface area contributed by atoms with Gasteiger partial charge in [0, 0.05) is 4.91 Å². The second-order valence-electron chi connectivity index (χ2n) is 2.76. The highest BCUT2D eigenvalue weighted by Gasteiger charge is 2.34. The van der Waals surface area contributed by atoms with Crippen molar-refractivity contribution >= 4 is 0 Å². The topological polar surface area (TPSA) is 83.1 Å². The third-order valence-corrected chi connectivity index (χ3v) is 1.70. The summed E-state index contributed by atoms with van der Waals surface area (Å²) in [6.07, 6.45) is -0.320. The predicted octanol–water partition coefficient (Wildman–Crippen LogP) is 0.437. The van der Waals surface area contributed by atoms with Crippen molar-refractivity contribution in [2.24, 2.45) is 5.11 Å². The monoisotopic (exact) mass is 171 g/mol. The first-order valence-electron chi connectivity index (χ1n) is 3.79. The fourth-order valence-corrected chi connectivity index (χ4v) is 0.856. The molecule has 0 aliphatic carbocycles. The number of ether oxygens (including phenoxy) is 3. The maximum Gasteiger partial charge on any atom is 0.164 e. The summed E-state index contributed by atoms with van der Waals surface area (Å²) in [4.78, 5) is 2.67. The van der Waals surface area contributed by atoms with Crippen LogP contribution in [0.5, 0.6) is 0 Å². The smallest absolute Gasteiger partial charge is 0.164 e. The Balaban J connectivity index is 1.74. The van der Waals surface area contributed by atoms with Gasteiger partial charge < -0.3 is 14.2 Å². The van der Waals surface area contributed by atoms with Gasteiger partial charge in [0.2, 0.25) is 0 Å². The molecule has 6 nitrogen and oxygen atoms in total. The Morgan fingerprint density at radius 1 is 1.58 bits per heavy atom. The molecule has 3 unspecified atom stereocenters. The summed E-state index contributed by atoms with van der Waals surface area (Å²) in [5.74, 6) is 0.